The lowest BCUT2D eigenvalue weighted by Crippen LogP contribution is -2.11. The lowest BCUT2D eigenvalue weighted by Gasteiger charge is -1.97. The molecule has 0 atom stereocenters. The number of halogens is 2. The van der Waals surface area contributed by atoms with Gasteiger partial charge >= 0.3 is 0 Å². The molecule has 0 radical (unpaired) electrons. The highest BCUT2D eigenvalue weighted by molar-refractivity contribution is 9.10. The summed E-state index contributed by atoms with van der Waals surface area (Å²) in [7, 11) is 0. The van der Waals surface area contributed by atoms with Gasteiger partial charge in [-0.3, -0.25) is 9.20 Å². The standard InChI is InChI=1S/C10H6BrClN4O/c11-5-1-2-7-15-8-9(16(7)4-5)13-6(3-12)14-10(8)17/h1-2,4H,3H2,(H,13,14,17). The van der Waals surface area contributed by atoms with Crippen molar-refractivity contribution in [1.82, 2.24) is 19.4 Å². The van der Waals surface area contributed by atoms with Gasteiger partial charge in [-0.25, -0.2) is 9.97 Å². The van der Waals surface area contributed by atoms with E-state index < -0.39 is 0 Å². The molecule has 0 saturated heterocycles. The summed E-state index contributed by atoms with van der Waals surface area (Å²) in [5.41, 5.74) is 1.23. The monoisotopic (exact) mass is 312 g/mol. The predicted octanol–water partition coefficient (Wildman–Crippen LogP) is 2.07. The first kappa shape index (κ1) is 10.7. The third-order valence-electron chi connectivity index (χ3n) is 2.40. The summed E-state index contributed by atoms with van der Waals surface area (Å²) in [6.07, 6.45) is 1.81. The van der Waals surface area contributed by atoms with Gasteiger partial charge in [-0.15, -0.1) is 11.6 Å². The summed E-state index contributed by atoms with van der Waals surface area (Å²) in [5, 5.41) is 0. The maximum Gasteiger partial charge on any atom is 0.279 e. The summed E-state index contributed by atoms with van der Waals surface area (Å²) in [6, 6.07) is 3.67. The normalized spacial score (nSPS) is 11.4. The van der Waals surface area contributed by atoms with Gasteiger partial charge in [0.15, 0.2) is 11.2 Å². The van der Waals surface area contributed by atoms with Crippen molar-refractivity contribution in [2.45, 2.75) is 5.88 Å². The molecule has 3 aromatic rings. The zero-order chi connectivity index (χ0) is 12.0. The number of rotatable bonds is 1. The largest absolute Gasteiger partial charge is 0.308 e. The Hall–Kier alpha value is -1.40. The van der Waals surface area contributed by atoms with Crippen LogP contribution in [0.2, 0.25) is 0 Å². The van der Waals surface area contributed by atoms with E-state index in [-0.39, 0.29) is 11.4 Å². The molecule has 0 aromatic carbocycles. The van der Waals surface area contributed by atoms with Crippen LogP contribution in [-0.2, 0) is 5.88 Å². The number of aromatic amines is 1. The van der Waals surface area contributed by atoms with E-state index in [9.17, 15) is 4.79 Å². The molecule has 0 aliphatic heterocycles. The minimum Gasteiger partial charge on any atom is -0.308 e. The third-order valence-corrected chi connectivity index (χ3v) is 3.12. The van der Waals surface area contributed by atoms with E-state index >= 15 is 0 Å². The van der Waals surface area contributed by atoms with Crippen LogP contribution < -0.4 is 5.56 Å². The number of hydrogen-bond donors (Lipinski definition) is 1. The molecule has 0 aliphatic rings. The van der Waals surface area contributed by atoms with Crippen molar-refractivity contribution < 1.29 is 0 Å². The van der Waals surface area contributed by atoms with Crippen molar-refractivity contribution in [3.05, 3.63) is 39.0 Å². The molecule has 3 aromatic heterocycles. The highest BCUT2D eigenvalue weighted by Gasteiger charge is 2.10. The average molecular weight is 314 g/mol. The van der Waals surface area contributed by atoms with Gasteiger partial charge in [-0.1, -0.05) is 0 Å². The quantitative estimate of drug-likeness (QED) is 0.700. The Kier molecular flexibility index (Phi) is 2.41. The molecule has 3 heterocycles. The average Bonchev–Trinajstić information content (AvgIpc) is 2.68. The van der Waals surface area contributed by atoms with Crippen molar-refractivity contribution in [3.8, 4) is 0 Å². The molecule has 17 heavy (non-hydrogen) atoms. The second kappa shape index (κ2) is 3.82. The first-order valence-electron chi connectivity index (χ1n) is 4.81. The minimum atomic E-state index is -0.273. The van der Waals surface area contributed by atoms with E-state index in [4.69, 9.17) is 11.6 Å². The lowest BCUT2D eigenvalue weighted by atomic mass is 10.5. The molecule has 0 aliphatic carbocycles. The molecule has 0 saturated carbocycles. The predicted molar refractivity (Wildman–Crippen MR) is 68.4 cm³/mol. The van der Waals surface area contributed by atoms with E-state index in [2.05, 4.69) is 30.9 Å². The summed E-state index contributed by atoms with van der Waals surface area (Å²) in [6.45, 7) is 0. The summed E-state index contributed by atoms with van der Waals surface area (Å²) in [5.74, 6) is 0.595. The Morgan fingerprint density at radius 2 is 2.24 bits per heavy atom. The SMILES string of the molecule is O=c1[nH]c(CCl)nc2c1nc1ccc(Br)cn12. The number of nitrogens with zero attached hydrogens (tertiary/aromatic N) is 3. The van der Waals surface area contributed by atoms with Crippen LogP contribution in [0.5, 0.6) is 0 Å². The number of alkyl halides is 1. The number of H-pyrrole nitrogens is 1. The Balaban J connectivity index is 2.54. The van der Waals surface area contributed by atoms with E-state index in [1.54, 1.807) is 4.40 Å². The van der Waals surface area contributed by atoms with Crippen LogP contribution in [0.3, 0.4) is 0 Å². The van der Waals surface area contributed by atoms with E-state index in [1.807, 2.05) is 18.3 Å². The van der Waals surface area contributed by atoms with Crippen LogP contribution >= 0.6 is 27.5 Å². The van der Waals surface area contributed by atoms with Crippen LogP contribution in [0, 0.1) is 0 Å². The van der Waals surface area contributed by atoms with E-state index in [0.29, 0.717) is 22.6 Å². The van der Waals surface area contributed by atoms with Gasteiger partial charge in [0.1, 0.15) is 11.5 Å². The molecule has 0 amide bonds. The Morgan fingerprint density at radius 3 is 3.00 bits per heavy atom. The first-order chi connectivity index (χ1) is 8.19. The first-order valence-corrected chi connectivity index (χ1v) is 6.14. The van der Waals surface area contributed by atoms with Crippen LogP contribution in [0.4, 0.5) is 0 Å². The smallest absolute Gasteiger partial charge is 0.279 e. The van der Waals surface area contributed by atoms with Crippen molar-refractivity contribution in [1.29, 1.82) is 0 Å². The Bertz CT molecular complexity index is 779. The number of imidazole rings is 1. The van der Waals surface area contributed by atoms with Crippen LogP contribution in [0.1, 0.15) is 5.82 Å². The molecule has 0 spiro atoms. The van der Waals surface area contributed by atoms with E-state index in [0.717, 1.165) is 4.47 Å². The van der Waals surface area contributed by atoms with Gasteiger partial charge in [0.25, 0.3) is 5.56 Å². The molecule has 0 bridgehead atoms. The summed E-state index contributed by atoms with van der Waals surface area (Å²) >= 11 is 9.05. The Labute approximate surface area is 109 Å². The molecule has 86 valence electrons. The number of aromatic nitrogens is 4. The van der Waals surface area contributed by atoms with Crippen molar-refractivity contribution in [3.63, 3.8) is 0 Å². The molecule has 3 rings (SSSR count). The highest BCUT2D eigenvalue weighted by Crippen LogP contribution is 2.16. The lowest BCUT2D eigenvalue weighted by molar-refractivity contribution is 1.01. The van der Waals surface area contributed by atoms with Crippen LogP contribution in [-0.4, -0.2) is 19.4 Å². The van der Waals surface area contributed by atoms with Gasteiger partial charge in [-0.05, 0) is 28.1 Å². The zero-order valence-corrected chi connectivity index (χ0v) is 10.8. The maximum atomic E-state index is 11.8. The molecule has 7 heteroatoms. The maximum absolute atomic E-state index is 11.8. The van der Waals surface area contributed by atoms with Crippen molar-refractivity contribution in [2.75, 3.05) is 0 Å². The fourth-order valence-corrected chi connectivity index (χ4v) is 2.14. The van der Waals surface area contributed by atoms with Crippen molar-refractivity contribution in [2.24, 2.45) is 0 Å². The molecule has 5 nitrogen and oxygen atoms in total. The molecule has 1 N–H and O–H groups in total. The van der Waals surface area contributed by atoms with Gasteiger partial charge in [-0.2, -0.15) is 0 Å². The Morgan fingerprint density at radius 1 is 1.41 bits per heavy atom. The van der Waals surface area contributed by atoms with Gasteiger partial charge in [0.05, 0.1) is 5.88 Å². The second-order valence-corrected chi connectivity index (χ2v) is 4.69. The molecule has 0 fully saturated rings. The van der Waals surface area contributed by atoms with Gasteiger partial charge in [0.2, 0.25) is 0 Å². The topological polar surface area (TPSA) is 63.0 Å². The summed E-state index contributed by atoms with van der Waals surface area (Å²) < 4.78 is 2.64. The fraction of sp³-hybridized carbons (Fsp3) is 0.100. The molecule has 0 unspecified atom stereocenters. The third kappa shape index (κ3) is 1.64. The second-order valence-electron chi connectivity index (χ2n) is 3.51. The van der Waals surface area contributed by atoms with E-state index in [1.165, 1.54) is 0 Å². The van der Waals surface area contributed by atoms with Gasteiger partial charge in [0, 0.05) is 10.7 Å². The van der Waals surface area contributed by atoms with Crippen molar-refractivity contribution >= 4 is 44.3 Å². The number of hydrogen-bond acceptors (Lipinski definition) is 3. The summed E-state index contributed by atoms with van der Waals surface area (Å²) in [4.78, 5) is 22.9. The van der Waals surface area contributed by atoms with Crippen LogP contribution in [0.15, 0.2) is 27.6 Å². The van der Waals surface area contributed by atoms with Crippen LogP contribution in [0.25, 0.3) is 16.8 Å². The minimum absolute atomic E-state index is 0.159. The molecular weight excluding hydrogens is 307 g/mol. The number of nitrogens with one attached hydrogen (secondary N) is 1. The van der Waals surface area contributed by atoms with Gasteiger partial charge < -0.3 is 4.98 Å². The fourth-order valence-electron chi connectivity index (χ4n) is 1.67. The zero-order valence-electron chi connectivity index (χ0n) is 8.44. The number of pyridine rings is 1. The highest BCUT2D eigenvalue weighted by atomic mass is 79.9. The molecular formula is C10H6BrClN4O. The number of fused-ring (bicyclic) bond motifs is 3.